The highest BCUT2D eigenvalue weighted by Crippen LogP contribution is 2.30. The fourth-order valence-corrected chi connectivity index (χ4v) is 3.73. The smallest absolute Gasteiger partial charge is 0.262 e. The first-order valence-electron chi connectivity index (χ1n) is 8.91. The molecule has 2 unspecified atom stereocenters. The summed E-state index contributed by atoms with van der Waals surface area (Å²) >= 11 is 5.89. The molecule has 4 rings (SSSR count). The molecule has 2 saturated heterocycles. The Bertz CT molecular complexity index is 831. The van der Waals surface area contributed by atoms with Crippen LogP contribution in [0.15, 0.2) is 28.8 Å². The third-order valence-electron chi connectivity index (χ3n) is 5.03. The summed E-state index contributed by atoms with van der Waals surface area (Å²) in [6.45, 7) is 0.497. The van der Waals surface area contributed by atoms with E-state index in [0.717, 1.165) is 18.4 Å². The molecule has 0 saturated carbocycles. The summed E-state index contributed by atoms with van der Waals surface area (Å²) in [6.07, 6.45) is 1.12. The number of nitrogens with one attached hydrogen (secondary N) is 1. The van der Waals surface area contributed by atoms with Crippen LogP contribution in [0.1, 0.15) is 31.1 Å². The number of carbonyl (C=O) groups excluding carboxylic acids is 1. The lowest BCUT2D eigenvalue weighted by atomic mass is 9.97. The van der Waals surface area contributed by atoms with Crippen molar-refractivity contribution in [2.75, 3.05) is 19.6 Å². The third-order valence-corrected chi connectivity index (χ3v) is 5.29. The largest absolute Gasteiger partial charge is 0.341 e. The molecule has 2 aromatic rings. The van der Waals surface area contributed by atoms with E-state index in [1.807, 2.05) is 0 Å². The Labute approximate surface area is 172 Å². The molecule has 1 aromatic carbocycles. The van der Waals surface area contributed by atoms with Crippen LogP contribution >= 0.6 is 24.0 Å². The predicted octanol–water partition coefficient (Wildman–Crippen LogP) is 3.52. The third kappa shape index (κ3) is 4.45. The fourth-order valence-electron chi connectivity index (χ4n) is 3.61. The van der Waals surface area contributed by atoms with Crippen molar-refractivity contribution in [1.82, 2.24) is 20.4 Å². The Morgan fingerprint density at radius 1 is 1.32 bits per heavy atom. The van der Waals surface area contributed by atoms with Crippen molar-refractivity contribution >= 4 is 29.9 Å². The Morgan fingerprint density at radius 3 is 2.75 bits per heavy atom. The molecular weight excluding hydrogens is 413 g/mol. The molecule has 0 spiro atoms. The molecule has 2 atom stereocenters. The molecule has 0 radical (unpaired) electrons. The van der Waals surface area contributed by atoms with Gasteiger partial charge < -0.3 is 9.42 Å². The number of halogens is 4. The van der Waals surface area contributed by atoms with Crippen LogP contribution in [0.5, 0.6) is 0 Å². The quantitative estimate of drug-likeness (QED) is 0.803. The van der Waals surface area contributed by atoms with Crippen molar-refractivity contribution in [3.05, 3.63) is 35.2 Å². The first kappa shape index (κ1) is 21.0. The minimum Gasteiger partial charge on any atom is -0.341 e. The van der Waals surface area contributed by atoms with Crippen LogP contribution in [0.2, 0.25) is 5.02 Å². The van der Waals surface area contributed by atoms with E-state index in [1.54, 1.807) is 29.2 Å². The lowest BCUT2D eigenvalue weighted by molar-refractivity contribution is -0.135. The number of hydrogen-bond donors (Lipinski definition) is 1. The second-order valence-electron chi connectivity index (χ2n) is 7.08. The van der Waals surface area contributed by atoms with Gasteiger partial charge in [-0.25, -0.2) is 8.78 Å². The maximum Gasteiger partial charge on any atom is 0.262 e. The van der Waals surface area contributed by atoms with Gasteiger partial charge in [-0.15, -0.1) is 12.4 Å². The molecule has 10 heteroatoms. The summed E-state index contributed by atoms with van der Waals surface area (Å²) in [5.74, 6) is -2.29. The van der Waals surface area contributed by atoms with Crippen LogP contribution in [0.4, 0.5) is 8.78 Å². The molecule has 152 valence electrons. The van der Waals surface area contributed by atoms with Gasteiger partial charge in [0.15, 0.2) is 0 Å². The first-order valence-corrected chi connectivity index (χ1v) is 9.29. The zero-order chi connectivity index (χ0) is 19.0. The number of piperidine rings is 1. The van der Waals surface area contributed by atoms with Crippen molar-refractivity contribution in [3.8, 4) is 11.4 Å². The number of likely N-dealkylation sites (tertiary alicyclic amines) is 1. The predicted molar refractivity (Wildman–Crippen MR) is 102 cm³/mol. The maximum atomic E-state index is 13.4. The molecule has 28 heavy (non-hydrogen) atoms. The molecule has 6 nitrogen and oxygen atoms in total. The van der Waals surface area contributed by atoms with Gasteiger partial charge in [-0.3, -0.25) is 10.1 Å². The molecule has 0 aliphatic carbocycles. The number of rotatable bonds is 3. The van der Waals surface area contributed by atoms with E-state index in [0.29, 0.717) is 29.8 Å². The Hall–Kier alpha value is -1.77. The van der Waals surface area contributed by atoms with Gasteiger partial charge in [0, 0.05) is 30.1 Å². The summed E-state index contributed by atoms with van der Waals surface area (Å²) in [6, 6.07) is 6.28. The van der Waals surface area contributed by atoms with Crippen LogP contribution in [-0.2, 0) is 4.79 Å². The van der Waals surface area contributed by atoms with E-state index in [-0.39, 0.29) is 24.2 Å². The van der Waals surface area contributed by atoms with Crippen molar-refractivity contribution < 1.29 is 18.1 Å². The molecule has 1 aromatic heterocycles. The lowest BCUT2D eigenvalue weighted by Gasteiger charge is -2.32. The number of benzene rings is 1. The van der Waals surface area contributed by atoms with Crippen LogP contribution in [-0.4, -0.2) is 52.5 Å². The van der Waals surface area contributed by atoms with E-state index >= 15 is 0 Å². The van der Waals surface area contributed by atoms with Gasteiger partial charge in [0.25, 0.3) is 5.92 Å². The normalized spacial score (nSPS) is 24.0. The Morgan fingerprint density at radius 2 is 2.07 bits per heavy atom. The molecule has 1 N–H and O–H groups in total. The van der Waals surface area contributed by atoms with E-state index < -0.39 is 24.9 Å². The van der Waals surface area contributed by atoms with Crippen LogP contribution in [0.3, 0.4) is 0 Å². The second-order valence-corrected chi connectivity index (χ2v) is 7.52. The lowest BCUT2D eigenvalue weighted by Crippen LogP contribution is -2.47. The van der Waals surface area contributed by atoms with Gasteiger partial charge in [0.2, 0.25) is 17.6 Å². The summed E-state index contributed by atoms with van der Waals surface area (Å²) in [5, 5.41) is 7.26. The number of alkyl halides is 2. The summed E-state index contributed by atoms with van der Waals surface area (Å²) in [4.78, 5) is 18.7. The minimum atomic E-state index is -2.82. The van der Waals surface area contributed by atoms with Gasteiger partial charge in [0.1, 0.15) is 0 Å². The molecular formula is C18H20Cl2F2N4O2. The molecule has 2 aliphatic heterocycles. The number of aromatic nitrogens is 2. The monoisotopic (exact) mass is 432 g/mol. The van der Waals surface area contributed by atoms with Gasteiger partial charge in [-0.2, -0.15) is 4.98 Å². The zero-order valence-electron chi connectivity index (χ0n) is 14.9. The van der Waals surface area contributed by atoms with Crippen molar-refractivity contribution in [3.63, 3.8) is 0 Å². The van der Waals surface area contributed by atoms with Gasteiger partial charge in [0.05, 0.1) is 18.5 Å². The molecule has 2 fully saturated rings. The van der Waals surface area contributed by atoms with Gasteiger partial charge >= 0.3 is 0 Å². The topological polar surface area (TPSA) is 71.3 Å². The Kier molecular flexibility index (Phi) is 6.21. The summed E-state index contributed by atoms with van der Waals surface area (Å²) < 4.78 is 32.2. The van der Waals surface area contributed by atoms with E-state index in [4.69, 9.17) is 16.1 Å². The molecule has 1 amide bonds. The number of carbonyl (C=O) groups is 1. The summed E-state index contributed by atoms with van der Waals surface area (Å²) in [7, 11) is 0. The SMILES string of the molecule is Cl.O=C(C1CC(F)(F)CN1)N1CCCC(c2nc(-c3ccc(Cl)cc3)no2)C1. The molecule has 0 bridgehead atoms. The maximum absolute atomic E-state index is 13.4. The summed E-state index contributed by atoms with van der Waals surface area (Å²) in [5.41, 5.74) is 0.788. The first-order chi connectivity index (χ1) is 12.9. The van der Waals surface area contributed by atoms with Crippen molar-refractivity contribution in [1.29, 1.82) is 0 Å². The van der Waals surface area contributed by atoms with Crippen molar-refractivity contribution in [2.45, 2.75) is 37.1 Å². The number of amides is 1. The standard InChI is InChI=1S/C18H19ClF2N4O2.ClH/c19-13-5-3-11(4-6-13)15-23-16(27-24-15)12-2-1-7-25(9-12)17(26)14-8-18(20,21)10-22-14;/h3-6,12,14,22H,1-2,7-10H2;1H. The second kappa shape index (κ2) is 8.31. The number of nitrogens with zero attached hydrogens (tertiary/aromatic N) is 3. The van der Waals surface area contributed by atoms with E-state index in [9.17, 15) is 13.6 Å². The molecule has 3 heterocycles. The average Bonchev–Trinajstić information content (AvgIpc) is 3.29. The highest BCUT2D eigenvalue weighted by atomic mass is 35.5. The highest BCUT2D eigenvalue weighted by Gasteiger charge is 2.44. The zero-order valence-corrected chi connectivity index (χ0v) is 16.5. The molecule has 2 aliphatic rings. The van der Waals surface area contributed by atoms with Crippen LogP contribution in [0.25, 0.3) is 11.4 Å². The van der Waals surface area contributed by atoms with Crippen molar-refractivity contribution in [2.24, 2.45) is 0 Å². The fraction of sp³-hybridized carbons (Fsp3) is 0.500. The highest BCUT2D eigenvalue weighted by molar-refractivity contribution is 6.30. The van der Waals surface area contributed by atoms with E-state index in [1.165, 1.54) is 0 Å². The van der Waals surface area contributed by atoms with Crippen LogP contribution in [0, 0.1) is 0 Å². The van der Waals surface area contributed by atoms with Crippen LogP contribution < -0.4 is 5.32 Å². The average molecular weight is 433 g/mol. The van der Waals surface area contributed by atoms with Gasteiger partial charge in [-0.1, -0.05) is 16.8 Å². The van der Waals surface area contributed by atoms with Gasteiger partial charge in [-0.05, 0) is 37.1 Å². The number of hydrogen-bond acceptors (Lipinski definition) is 5. The Balaban J connectivity index is 0.00000225. The van der Waals surface area contributed by atoms with E-state index in [2.05, 4.69) is 15.5 Å². The minimum absolute atomic E-state index is 0.